The average molecular weight is 411 g/mol. The maximum atomic E-state index is 3.66. The monoisotopic (exact) mass is 409 g/mol. The van der Waals surface area contributed by atoms with Gasteiger partial charge in [-0.2, -0.15) is 0 Å². The Morgan fingerprint density at radius 1 is 0.950 bits per heavy atom. The zero-order valence-electron chi connectivity index (χ0n) is 10.9. The van der Waals surface area contributed by atoms with Gasteiger partial charge in [-0.05, 0) is 57.0 Å². The molecule has 2 aromatic carbocycles. The van der Waals surface area contributed by atoms with E-state index in [2.05, 4.69) is 79.0 Å². The van der Waals surface area contributed by atoms with E-state index in [4.69, 9.17) is 0 Å². The topological polar surface area (TPSA) is 12.0 Å². The molecule has 1 aromatic heterocycles. The van der Waals surface area contributed by atoms with Crippen molar-refractivity contribution in [2.24, 2.45) is 0 Å². The molecule has 3 aromatic rings. The molecule has 0 amide bonds. The molecule has 3 rings (SSSR count). The SMILES string of the molecule is CNC(c1ccccc1Br)c1csc2c(Br)cccc12. The maximum Gasteiger partial charge on any atom is 0.0599 e. The fraction of sp³-hybridized carbons (Fsp3) is 0.125. The van der Waals surface area contributed by atoms with E-state index in [9.17, 15) is 0 Å². The molecule has 1 nitrogen and oxygen atoms in total. The summed E-state index contributed by atoms with van der Waals surface area (Å²) in [4.78, 5) is 0. The number of hydrogen-bond acceptors (Lipinski definition) is 2. The lowest BCUT2D eigenvalue weighted by molar-refractivity contribution is 0.696. The van der Waals surface area contributed by atoms with Gasteiger partial charge < -0.3 is 5.32 Å². The molecule has 1 heterocycles. The number of halogens is 2. The van der Waals surface area contributed by atoms with Crippen LogP contribution in [0.15, 0.2) is 56.8 Å². The number of fused-ring (bicyclic) bond motifs is 1. The standard InChI is InChI=1S/C16H13Br2NS/c1-19-15(11-5-2-3-7-13(11)17)12-9-20-16-10(12)6-4-8-14(16)18/h2-9,15,19H,1H3. The van der Waals surface area contributed by atoms with Crippen LogP contribution in [0.3, 0.4) is 0 Å². The van der Waals surface area contributed by atoms with Crippen LogP contribution in [0.5, 0.6) is 0 Å². The van der Waals surface area contributed by atoms with Gasteiger partial charge in [0, 0.05) is 13.6 Å². The molecule has 0 spiro atoms. The Bertz CT molecular complexity index is 751. The van der Waals surface area contributed by atoms with E-state index in [0.29, 0.717) is 0 Å². The van der Waals surface area contributed by atoms with Gasteiger partial charge in [0.05, 0.1) is 6.04 Å². The molecular weight excluding hydrogens is 398 g/mol. The fourth-order valence-corrected chi connectivity index (χ4v) is 4.61. The zero-order chi connectivity index (χ0) is 14.1. The van der Waals surface area contributed by atoms with Crippen molar-refractivity contribution in [1.29, 1.82) is 0 Å². The first-order valence-electron chi connectivity index (χ1n) is 6.29. The van der Waals surface area contributed by atoms with E-state index in [1.165, 1.54) is 21.2 Å². The van der Waals surface area contributed by atoms with E-state index >= 15 is 0 Å². The van der Waals surface area contributed by atoms with Gasteiger partial charge in [-0.1, -0.05) is 46.3 Å². The second-order valence-electron chi connectivity index (χ2n) is 4.55. The van der Waals surface area contributed by atoms with E-state index in [1.54, 1.807) is 11.3 Å². The van der Waals surface area contributed by atoms with Crippen LogP contribution in [0.4, 0.5) is 0 Å². The molecule has 0 saturated heterocycles. The van der Waals surface area contributed by atoms with Crippen LogP contribution >= 0.6 is 43.2 Å². The van der Waals surface area contributed by atoms with E-state index in [0.717, 1.165) is 8.95 Å². The number of nitrogens with one attached hydrogen (secondary N) is 1. The predicted octanol–water partition coefficient (Wildman–Crippen LogP) is 5.74. The van der Waals surface area contributed by atoms with Crippen LogP contribution in [0.25, 0.3) is 10.1 Å². The first-order chi connectivity index (χ1) is 9.72. The van der Waals surface area contributed by atoms with Crippen molar-refractivity contribution < 1.29 is 0 Å². The molecule has 102 valence electrons. The molecule has 4 heteroatoms. The third-order valence-electron chi connectivity index (χ3n) is 3.40. The molecule has 0 saturated carbocycles. The van der Waals surface area contributed by atoms with Gasteiger partial charge in [-0.3, -0.25) is 0 Å². The average Bonchev–Trinajstić information content (AvgIpc) is 2.87. The fourth-order valence-electron chi connectivity index (χ4n) is 2.45. The lowest BCUT2D eigenvalue weighted by atomic mass is 9.98. The van der Waals surface area contributed by atoms with Gasteiger partial charge in [-0.15, -0.1) is 11.3 Å². The summed E-state index contributed by atoms with van der Waals surface area (Å²) < 4.78 is 3.59. The molecule has 1 unspecified atom stereocenters. The molecule has 0 bridgehead atoms. The second kappa shape index (κ2) is 5.98. The minimum Gasteiger partial charge on any atom is -0.309 e. The second-order valence-corrected chi connectivity index (χ2v) is 7.14. The van der Waals surface area contributed by atoms with Crippen molar-refractivity contribution in [1.82, 2.24) is 5.32 Å². The molecule has 1 N–H and O–H groups in total. The summed E-state index contributed by atoms with van der Waals surface area (Å²) in [5.74, 6) is 0. The van der Waals surface area contributed by atoms with E-state index < -0.39 is 0 Å². The van der Waals surface area contributed by atoms with Gasteiger partial charge in [0.2, 0.25) is 0 Å². The highest BCUT2D eigenvalue weighted by atomic mass is 79.9. The molecule has 0 fully saturated rings. The Labute approximate surface area is 139 Å². The summed E-state index contributed by atoms with van der Waals surface area (Å²) in [5, 5.41) is 6.99. The molecule has 20 heavy (non-hydrogen) atoms. The summed E-state index contributed by atoms with van der Waals surface area (Å²) in [7, 11) is 2.01. The minimum atomic E-state index is 0.189. The Morgan fingerprint density at radius 3 is 2.45 bits per heavy atom. The lowest BCUT2D eigenvalue weighted by Gasteiger charge is -2.18. The quantitative estimate of drug-likeness (QED) is 0.580. The summed E-state index contributed by atoms with van der Waals surface area (Å²) in [6, 6.07) is 14.9. The van der Waals surface area contributed by atoms with E-state index in [-0.39, 0.29) is 6.04 Å². The summed E-state index contributed by atoms with van der Waals surface area (Å²) in [5.41, 5.74) is 2.58. The Kier molecular flexibility index (Phi) is 4.26. The van der Waals surface area contributed by atoms with Crippen molar-refractivity contribution in [3.05, 3.63) is 67.9 Å². The van der Waals surface area contributed by atoms with Gasteiger partial charge in [-0.25, -0.2) is 0 Å². The lowest BCUT2D eigenvalue weighted by Crippen LogP contribution is -2.17. The number of thiophene rings is 1. The molecule has 1 atom stereocenters. The highest BCUT2D eigenvalue weighted by Gasteiger charge is 2.18. The highest BCUT2D eigenvalue weighted by molar-refractivity contribution is 9.11. The highest BCUT2D eigenvalue weighted by Crippen LogP contribution is 2.38. The van der Waals surface area contributed by atoms with Crippen LogP contribution < -0.4 is 5.32 Å². The Hall–Kier alpha value is -0.680. The first-order valence-corrected chi connectivity index (χ1v) is 8.76. The third kappa shape index (κ3) is 2.46. The largest absolute Gasteiger partial charge is 0.309 e. The minimum absolute atomic E-state index is 0.189. The summed E-state index contributed by atoms with van der Waals surface area (Å²) in [6.45, 7) is 0. The van der Waals surface area contributed by atoms with E-state index in [1.807, 2.05) is 13.1 Å². The maximum absolute atomic E-state index is 3.66. The summed E-state index contributed by atoms with van der Waals surface area (Å²) in [6.07, 6.45) is 0. The van der Waals surface area contributed by atoms with Gasteiger partial charge in [0.1, 0.15) is 0 Å². The normalized spacial score (nSPS) is 12.8. The van der Waals surface area contributed by atoms with Crippen molar-refractivity contribution in [3.63, 3.8) is 0 Å². The number of benzene rings is 2. The zero-order valence-corrected chi connectivity index (χ0v) is 14.8. The van der Waals surface area contributed by atoms with Crippen molar-refractivity contribution >= 4 is 53.3 Å². The molecular formula is C16H13Br2NS. The number of rotatable bonds is 3. The van der Waals surface area contributed by atoms with Crippen LogP contribution in [-0.2, 0) is 0 Å². The molecule has 0 aliphatic rings. The summed E-state index contributed by atoms with van der Waals surface area (Å²) >= 11 is 9.07. The third-order valence-corrected chi connectivity index (χ3v) is 6.09. The van der Waals surface area contributed by atoms with Crippen molar-refractivity contribution in [2.75, 3.05) is 7.05 Å². The van der Waals surface area contributed by atoms with Gasteiger partial charge in [0.15, 0.2) is 0 Å². The van der Waals surface area contributed by atoms with Crippen LogP contribution in [0, 0.1) is 0 Å². The van der Waals surface area contributed by atoms with Crippen LogP contribution in [0.2, 0.25) is 0 Å². The van der Waals surface area contributed by atoms with Crippen molar-refractivity contribution in [3.8, 4) is 0 Å². The Morgan fingerprint density at radius 2 is 1.70 bits per heavy atom. The van der Waals surface area contributed by atoms with Crippen molar-refractivity contribution in [2.45, 2.75) is 6.04 Å². The molecule has 0 radical (unpaired) electrons. The first kappa shape index (κ1) is 14.3. The smallest absolute Gasteiger partial charge is 0.0599 e. The van der Waals surface area contributed by atoms with Gasteiger partial charge in [0.25, 0.3) is 0 Å². The van der Waals surface area contributed by atoms with Crippen LogP contribution in [0.1, 0.15) is 17.2 Å². The van der Waals surface area contributed by atoms with Crippen LogP contribution in [-0.4, -0.2) is 7.05 Å². The molecule has 0 aliphatic heterocycles. The van der Waals surface area contributed by atoms with Gasteiger partial charge >= 0.3 is 0 Å². The number of hydrogen-bond donors (Lipinski definition) is 1. The predicted molar refractivity (Wildman–Crippen MR) is 94.6 cm³/mol. The molecule has 0 aliphatic carbocycles. The Balaban J connectivity index is 2.18.